The van der Waals surface area contributed by atoms with Gasteiger partial charge in [0.2, 0.25) is 0 Å². The number of aromatic nitrogens is 3. The monoisotopic (exact) mass is 312 g/mol. The molecule has 1 aliphatic heterocycles. The van der Waals surface area contributed by atoms with Crippen LogP contribution in [0.4, 0.5) is 10.2 Å². The van der Waals surface area contributed by atoms with Gasteiger partial charge in [-0.25, -0.2) is 14.4 Å². The largest absolute Gasteiger partial charge is 0.496 e. The van der Waals surface area contributed by atoms with E-state index in [4.69, 9.17) is 4.74 Å². The van der Waals surface area contributed by atoms with Crippen molar-refractivity contribution in [3.8, 4) is 16.9 Å². The van der Waals surface area contributed by atoms with Crippen LogP contribution in [0.25, 0.3) is 22.2 Å². The minimum absolute atomic E-state index is 0.378. The molecule has 0 amide bonds. The molecule has 1 saturated heterocycles. The maximum atomic E-state index is 13.6. The predicted molar refractivity (Wildman–Crippen MR) is 87.6 cm³/mol. The van der Waals surface area contributed by atoms with Gasteiger partial charge in [-0.3, -0.25) is 0 Å². The second-order valence-corrected chi connectivity index (χ2v) is 5.66. The van der Waals surface area contributed by atoms with Crippen molar-refractivity contribution in [2.24, 2.45) is 0 Å². The first-order valence-electron chi connectivity index (χ1n) is 7.62. The molecule has 118 valence electrons. The molecule has 23 heavy (non-hydrogen) atoms. The molecule has 0 saturated carbocycles. The van der Waals surface area contributed by atoms with Gasteiger partial charge < -0.3 is 14.6 Å². The summed E-state index contributed by atoms with van der Waals surface area (Å²) in [6, 6.07) is 7.82. The molecule has 1 aliphatic rings. The number of anilines is 1. The third kappa shape index (κ3) is 2.30. The van der Waals surface area contributed by atoms with Crippen LogP contribution in [0, 0.1) is 0 Å². The smallest absolute Gasteiger partial charge is 0.143 e. The fraction of sp³-hybridized carbons (Fsp3) is 0.294. The maximum absolute atomic E-state index is 13.6. The number of hydrogen-bond acceptors (Lipinski definition) is 4. The number of alkyl halides is 1. The van der Waals surface area contributed by atoms with E-state index in [1.54, 1.807) is 7.11 Å². The summed E-state index contributed by atoms with van der Waals surface area (Å²) in [7, 11) is 1.65. The minimum Gasteiger partial charge on any atom is -0.496 e. The zero-order valence-electron chi connectivity index (χ0n) is 12.8. The molecule has 0 radical (unpaired) electrons. The van der Waals surface area contributed by atoms with E-state index in [1.165, 1.54) is 6.33 Å². The number of benzene rings is 1. The van der Waals surface area contributed by atoms with Crippen molar-refractivity contribution in [3.63, 3.8) is 0 Å². The van der Waals surface area contributed by atoms with E-state index in [0.717, 1.165) is 33.7 Å². The molecule has 1 atom stereocenters. The topological polar surface area (TPSA) is 54.0 Å². The molecule has 3 aromatic rings. The first kappa shape index (κ1) is 14.0. The summed E-state index contributed by atoms with van der Waals surface area (Å²) in [5.41, 5.74) is 2.68. The fourth-order valence-corrected chi connectivity index (χ4v) is 3.18. The van der Waals surface area contributed by atoms with Crippen LogP contribution in [0.2, 0.25) is 0 Å². The molecule has 3 heterocycles. The Hall–Kier alpha value is -2.63. The van der Waals surface area contributed by atoms with Gasteiger partial charge in [0.25, 0.3) is 0 Å². The molecule has 0 aliphatic carbocycles. The highest BCUT2D eigenvalue weighted by Crippen LogP contribution is 2.38. The number of ether oxygens (including phenoxy) is 1. The second-order valence-electron chi connectivity index (χ2n) is 5.66. The average Bonchev–Trinajstić information content (AvgIpc) is 3.21. The second kappa shape index (κ2) is 5.53. The molecule has 1 aromatic carbocycles. The van der Waals surface area contributed by atoms with Crippen LogP contribution >= 0.6 is 0 Å². The third-order valence-corrected chi connectivity index (χ3v) is 4.28. The van der Waals surface area contributed by atoms with Gasteiger partial charge in [-0.05, 0) is 12.5 Å². The first-order chi connectivity index (χ1) is 11.3. The van der Waals surface area contributed by atoms with Crippen molar-refractivity contribution >= 4 is 16.9 Å². The van der Waals surface area contributed by atoms with Gasteiger partial charge in [-0.15, -0.1) is 0 Å². The number of hydrogen-bond donors (Lipinski definition) is 1. The molecule has 1 unspecified atom stereocenters. The van der Waals surface area contributed by atoms with Crippen LogP contribution in [-0.2, 0) is 0 Å². The zero-order chi connectivity index (χ0) is 15.8. The summed E-state index contributed by atoms with van der Waals surface area (Å²) in [6.07, 6.45) is 3.17. The van der Waals surface area contributed by atoms with Crippen molar-refractivity contribution in [2.45, 2.75) is 12.6 Å². The molecule has 1 fully saturated rings. The molecular formula is C17H17FN4O. The zero-order valence-corrected chi connectivity index (χ0v) is 12.8. The number of para-hydroxylation sites is 1. The van der Waals surface area contributed by atoms with E-state index in [-0.39, 0.29) is 0 Å². The van der Waals surface area contributed by atoms with Gasteiger partial charge >= 0.3 is 0 Å². The standard InChI is InChI=1S/C17H17FN4O/c1-23-14-5-3-2-4-12(14)13-8-19-16-15(13)17(21-10-20-16)22-7-6-11(18)9-22/h2-5,8,10-11H,6-7,9H2,1H3,(H,19,20,21). The lowest BCUT2D eigenvalue weighted by atomic mass is 10.0. The molecule has 6 heteroatoms. The summed E-state index contributed by atoms with van der Waals surface area (Å²) in [5, 5.41) is 0.908. The van der Waals surface area contributed by atoms with Crippen LogP contribution < -0.4 is 9.64 Å². The van der Waals surface area contributed by atoms with Gasteiger partial charge in [0, 0.05) is 23.9 Å². The number of methoxy groups -OCH3 is 1. The highest BCUT2D eigenvalue weighted by atomic mass is 19.1. The highest BCUT2D eigenvalue weighted by molar-refractivity contribution is 6.02. The lowest BCUT2D eigenvalue weighted by molar-refractivity contribution is 0.364. The lowest BCUT2D eigenvalue weighted by Crippen LogP contribution is -2.21. The van der Waals surface area contributed by atoms with E-state index >= 15 is 0 Å². The maximum Gasteiger partial charge on any atom is 0.143 e. The number of rotatable bonds is 3. The number of fused-ring (bicyclic) bond motifs is 1. The molecule has 0 bridgehead atoms. The molecule has 0 spiro atoms. The first-order valence-corrected chi connectivity index (χ1v) is 7.62. The molecule has 5 nitrogen and oxygen atoms in total. The highest BCUT2D eigenvalue weighted by Gasteiger charge is 2.26. The Morgan fingerprint density at radius 3 is 2.91 bits per heavy atom. The molecule has 2 aromatic heterocycles. The summed E-state index contributed by atoms with van der Waals surface area (Å²) in [5.74, 6) is 1.56. The van der Waals surface area contributed by atoms with Gasteiger partial charge in [-0.1, -0.05) is 18.2 Å². The Kier molecular flexibility index (Phi) is 3.37. The number of halogens is 1. The Morgan fingerprint density at radius 2 is 2.13 bits per heavy atom. The number of H-pyrrole nitrogens is 1. The van der Waals surface area contributed by atoms with E-state index in [9.17, 15) is 4.39 Å². The summed E-state index contributed by atoms with van der Waals surface area (Å²) in [4.78, 5) is 13.9. The Balaban J connectivity index is 1.91. The van der Waals surface area contributed by atoms with Gasteiger partial charge in [0.05, 0.1) is 19.0 Å². The SMILES string of the molecule is COc1ccccc1-c1c[nH]c2ncnc(N3CCC(F)C3)c12. The summed E-state index contributed by atoms with van der Waals surface area (Å²) in [6.45, 7) is 1.05. The van der Waals surface area contributed by atoms with Crippen molar-refractivity contribution in [3.05, 3.63) is 36.8 Å². The predicted octanol–water partition coefficient (Wildman–Crippen LogP) is 3.18. The van der Waals surface area contributed by atoms with E-state index < -0.39 is 6.17 Å². The summed E-state index contributed by atoms with van der Waals surface area (Å²) >= 11 is 0. The van der Waals surface area contributed by atoms with E-state index in [0.29, 0.717) is 19.5 Å². The molecular weight excluding hydrogens is 295 g/mol. The normalized spacial score (nSPS) is 17.8. The summed E-state index contributed by atoms with van der Waals surface area (Å²) < 4.78 is 19.1. The van der Waals surface area contributed by atoms with Crippen LogP contribution in [0.1, 0.15) is 6.42 Å². The van der Waals surface area contributed by atoms with Crippen LogP contribution in [0.15, 0.2) is 36.8 Å². The Bertz CT molecular complexity index is 847. The number of nitrogens with zero attached hydrogens (tertiary/aromatic N) is 3. The minimum atomic E-state index is -0.798. The Morgan fingerprint density at radius 1 is 1.26 bits per heavy atom. The van der Waals surface area contributed by atoms with Gasteiger partial charge in [0.1, 0.15) is 29.7 Å². The molecule has 1 N–H and O–H groups in total. The van der Waals surface area contributed by atoms with Crippen LogP contribution in [-0.4, -0.2) is 41.3 Å². The van der Waals surface area contributed by atoms with Crippen LogP contribution in [0.3, 0.4) is 0 Å². The lowest BCUT2D eigenvalue weighted by Gasteiger charge is -2.18. The van der Waals surface area contributed by atoms with Gasteiger partial charge in [-0.2, -0.15) is 0 Å². The number of nitrogens with one attached hydrogen (secondary N) is 1. The van der Waals surface area contributed by atoms with Crippen molar-refractivity contribution in [1.82, 2.24) is 15.0 Å². The van der Waals surface area contributed by atoms with E-state index in [2.05, 4.69) is 15.0 Å². The fourth-order valence-electron chi connectivity index (χ4n) is 3.18. The van der Waals surface area contributed by atoms with Crippen molar-refractivity contribution in [1.29, 1.82) is 0 Å². The van der Waals surface area contributed by atoms with Gasteiger partial charge in [0.15, 0.2) is 0 Å². The number of aromatic amines is 1. The van der Waals surface area contributed by atoms with Crippen molar-refractivity contribution < 1.29 is 9.13 Å². The molecule has 4 rings (SSSR count). The Labute approximate surface area is 133 Å². The van der Waals surface area contributed by atoms with Crippen molar-refractivity contribution in [2.75, 3.05) is 25.1 Å². The van der Waals surface area contributed by atoms with E-state index in [1.807, 2.05) is 35.4 Å². The third-order valence-electron chi connectivity index (χ3n) is 4.28. The quantitative estimate of drug-likeness (QED) is 0.807. The van der Waals surface area contributed by atoms with Crippen LogP contribution in [0.5, 0.6) is 5.75 Å². The average molecular weight is 312 g/mol.